The van der Waals surface area contributed by atoms with Crippen molar-refractivity contribution in [1.29, 1.82) is 0 Å². The van der Waals surface area contributed by atoms with E-state index in [0.29, 0.717) is 12.4 Å². The van der Waals surface area contributed by atoms with E-state index in [-0.39, 0.29) is 17.1 Å². The van der Waals surface area contributed by atoms with Crippen LogP contribution in [0.5, 0.6) is 11.5 Å². The van der Waals surface area contributed by atoms with Crippen molar-refractivity contribution in [1.82, 2.24) is 15.5 Å². The molecule has 0 spiro atoms. The number of amides is 1. The lowest BCUT2D eigenvalue weighted by atomic mass is 10.1. The molecule has 7 heteroatoms. The highest BCUT2D eigenvalue weighted by Crippen LogP contribution is 2.23. The Morgan fingerprint density at radius 1 is 1.25 bits per heavy atom. The summed E-state index contributed by atoms with van der Waals surface area (Å²) in [7, 11) is 0. The van der Waals surface area contributed by atoms with Crippen molar-refractivity contribution in [3.63, 3.8) is 0 Å². The van der Waals surface area contributed by atoms with E-state index in [1.54, 1.807) is 0 Å². The van der Waals surface area contributed by atoms with Crippen LogP contribution in [0.3, 0.4) is 0 Å². The number of nitrogens with zero attached hydrogens (tertiary/aromatic N) is 1. The number of nitrogens with one attached hydrogen (secondary N) is 3. The fourth-order valence-electron chi connectivity index (χ4n) is 2.25. The van der Waals surface area contributed by atoms with Crippen LogP contribution in [0.25, 0.3) is 0 Å². The lowest BCUT2D eigenvalue weighted by Gasteiger charge is -2.13. The number of phenolic OH excluding ortho intramolecular Hbond substituents is 2. The molecule has 0 unspecified atom stereocenters. The SMILES string of the molecule is O=C(Nc1n[nH]c2c1CCNC2)c1cc(O)cc(O)c1. The second kappa shape index (κ2) is 4.86. The largest absolute Gasteiger partial charge is 0.508 e. The Morgan fingerprint density at radius 3 is 2.75 bits per heavy atom. The van der Waals surface area contributed by atoms with Gasteiger partial charge in [-0.15, -0.1) is 0 Å². The standard InChI is InChI=1S/C13H14N4O3/c18-8-3-7(4-9(19)5-8)13(20)15-12-10-1-2-14-6-11(10)16-17-12/h3-5,14,18-19H,1-2,6H2,(H2,15,16,17,20). The van der Waals surface area contributed by atoms with Gasteiger partial charge in [-0.2, -0.15) is 5.10 Å². The number of fused-ring (bicyclic) bond motifs is 1. The first-order chi connectivity index (χ1) is 9.63. The molecule has 1 aromatic heterocycles. The summed E-state index contributed by atoms with van der Waals surface area (Å²) in [6.45, 7) is 1.54. The zero-order valence-corrected chi connectivity index (χ0v) is 10.6. The molecular weight excluding hydrogens is 260 g/mol. The highest BCUT2D eigenvalue weighted by molar-refractivity contribution is 6.04. The van der Waals surface area contributed by atoms with E-state index in [1.807, 2.05) is 0 Å². The van der Waals surface area contributed by atoms with Crippen molar-refractivity contribution in [2.45, 2.75) is 13.0 Å². The number of benzene rings is 1. The van der Waals surface area contributed by atoms with Gasteiger partial charge in [-0.1, -0.05) is 0 Å². The van der Waals surface area contributed by atoms with Crippen LogP contribution in [-0.2, 0) is 13.0 Å². The Morgan fingerprint density at radius 2 is 2.00 bits per heavy atom. The molecule has 7 nitrogen and oxygen atoms in total. The van der Waals surface area contributed by atoms with Gasteiger partial charge in [0.05, 0.1) is 5.69 Å². The van der Waals surface area contributed by atoms with Crippen molar-refractivity contribution in [2.24, 2.45) is 0 Å². The zero-order valence-electron chi connectivity index (χ0n) is 10.6. The maximum absolute atomic E-state index is 12.1. The second-order valence-corrected chi connectivity index (χ2v) is 4.65. The molecule has 5 N–H and O–H groups in total. The maximum atomic E-state index is 12.1. The Balaban J connectivity index is 1.84. The third-order valence-electron chi connectivity index (χ3n) is 3.20. The van der Waals surface area contributed by atoms with Gasteiger partial charge in [-0.25, -0.2) is 0 Å². The van der Waals surface area contributed by atoms with E-state index in [1.165, 1.54) is 18.2 Å². The lowest BCUT2D eigenvalue weighted by molar-refractivity contribution is 0.102. The van der Waals surface area contributed by atoms with Crippen LogP contribution in [0, 0.1) is 0 Å². The highest BCUT2D eigenvalue weighted by Gasteiger charge is 2.19. The van der Waals surface area contributed by atoms with Gasteiger partial charge in [0.25, 0.3) is 5.91 Å². The van der Waals surface area contributed by atoms with Crippen LogP contribution in [0.4, 0.5) is 5.82 Å². The van der Waals surface area contributed by atoms with Gasteiger partial charge in [-0.3, -0.25) is 9.89 Å². The first-order valence-corrected chi connectivity index (χ1v) is 6.24. The number of H-pyrrole nitrogens is 1. The Labute approximate surface area is 114 Å². The Bertz CT molecular complexity index is 645. The van der Waals surface area contributed by atoms with Crippen LogP contribution in [0.1, 0.15) is 21.6 Å². The number of aromatic amines is 1. The van der Waals surface area contributed by atoms with Crippen LogP contribution in [0.2, 0.25) is 0 Å². The zero-order chi connectivity index (χ0) is 14.1. The maximum Gasteiger partial charge on any atom is 0.257 e. The summed E-state index contributed by atoms with van der Waals surface area (Å²) in [5.41, 5.74) is 2.12. The van der Waals surface area contributed by atoms with E-state index < -0.39 is 5.91 Å². The molecule has 2 heterocycles. The summed E-state index contributed by atoms with van der Waals surface area (Å²) in [6, 6.07) is 3.74. The van der Waals surface area contributed by atoms with Gasteiger partial charge in [-0.05, 0) is 25.1 Å². The normalized spacial score (nSPS) is 13.8. The number of phenols is 2. The van der Waals surface area contributed by atoms with Gasteiger partial charge in [0.15, 0.2) is 5.82 Å². The molecule has 1 aliphatic rings. The van der Waals surface area contributed by atoms with Gasteiger partial charge in [0.2, 0.25) is 0 Å². The molecule has 104 valence electrons. The molecule has 20 heavy (non-hydrogen) atoms. The number of aromatic nitrogens is 2. The molecule has 0 radical (unpaired) electrons. The first kappa shape index (κ1) is 12.5. The van der Waals surface area contributed by atoms with Gasteiger partial charge >= 0.3 is 0 Å². The van der Waals surface area contributed by atoms with Crippen LogP contribution >= 0.6 is 0 Å². The fourth-order valence-corrected chi connectivity index (χ4v) is 2.25. The fraction of sp³-hybridized carbons (Fsp3) is 0.231. The quantitative estimate of drug-likeness (QED) is 0.554. The minimum Gasteiger partial charge on any atom is -0.508 e. The van der Waals surface area contributed by atoms with Gasteiger partial charge in [0, 0.05) is 23.7 Å². The molecule has 1 aliphatic heterocycles. The van der Waals surface area contributed by atoms with Crippen molar-refractivity contribution < 1.29 is 15.0 Å². The first-order valence-electron chi connectivity index (χ1n) is 6.24. The number of anilines is 1. The third kappa shape index (κ3) is 2.30. The van der Waals surface area contributed by atoms with Crippen molar-refractivity contribution >= 4 is 11.7 Å². The van der Waals surface area contributed by atoms with E-state index in [0.717, 1.165) is 24.2 Å². The summed E-state index contributed by atoms with van der Waals surface area (Å²) in [5, 5.41) is 31.6. The molecule has 1 aromatic carbocycles. The number of rotatable bonds is 2. The van der Waals surface area contributed by atoms with Crippen LogP contribution in [-0.4, -0.2) is 32.9 Å². The minimum absolute atomic E-state index is 0.164. The minimum atomic E-state index is -0.427. The predicted octanol–water partition coefficient (Wildman–Crippen LogP) is 0.719. The summed E-state index contributed by atoms with van der Waals surface area (Å²) in [4.78, 5) is 12.1. The van der Waals surface area contributed by atoms with E-state index in [2.05, 4.69) is 20.8 Å². The van der Waals surface area contributed by atoms with Crippen molar-refractivity contribution in [2.75, 3.05) is 11.9 Å². The average Bonchev–Trinajstić information content (AvgIpc) is 2.81. The number of hydrogen-bond acceptors (Lipinski definition) is 5. The van der Waals surface area contributed by atoms with Crippen LogP contribution in [0.15, 0.2) is 18.2 Å². The molecular formula is C13H14N4O3. The Kier molecular flexibility index (Phi) is 3.03. The van der Waals surface area contributed by atoms with Gasteiger partial charge in [0.1, 0.15) is 11.5 Å². The predicted molar refractivity (Wildman–Crippen MR) is 71.7 cm³/mol. The number of carbonyl (C=O) groups excluding carboxylic acids is 1. The molecule has 0 atom stereocenters. The summed E-state index contributed by atoms with van der Waals surface area (Å²) in [6.07, 6.45) is 0.784. The highest BCUT2D eigenvalue weighted by atomic mass is 16.3. The van der Waals surface area contributed by atoms with Crippen molar-refractivity contribution in [3.05, 3.63) is 35.0 Å². The van der Waals surface area contributed by atoms with Gasteiger partial charge < -0.3 is 20.8 Å². The molecule has 0 saturated carbocycles. The summed E-state index contributed by atoms with van der Waals surface area (Å²) < 4.78 is 0. The monoisotopic (exact) mass is 274 g/mol. The van der Waals surface area contributed by atoms with E-state index >= 15 is 0 Å². The molecule has 0 saturated heterocycles. The second-order valence-electron chi connectivity index (χ2n) is 4.65. The number of aromatic hydroxyl groups is 2. The molecule has 0 aliphatic carbocycles. The van der Waals surface area contributed by atoms with E-state index in [9.17, 15) is 15.0 Å². The summed E-state index contributed by atoms with van der Waals surface area (Å²) in [5.74, 6) is -0.259. The van der Waals surface area contributed by atoms with E-state index in [4.69, 9.17) is 0 Å². The number of hydrogen-bond donors (Lipinski definition) is 5. The number of carbonyl (C=O) groups is 1. The third-order valence-corrected chi connectivity index (χ3v) is 3.20. The Hall–Kier alpha value is -2.54. The van der Waals surface area contributed by atoms with Crippen LogP contribution < -0.4 is 10.6 Å². The topological polar surface area (TPSA) is 110 Å². The molecule has 0 bridgehead atoms. The summed E-state index contributed by atoms with van der Waals surface area (Å²) >= 11 is 0. The lowest BCUT2D eigenvalue weighted by Crippen LogP contribution is -2.24. The van der Waals surface area contributed by atoms with Crippen molar-refractivity contribution in [3.8, 4) is 11.5 Å². The molecule has 1 amide bonds. The average molecular weight is 274 g/mol. The molecule has 2 aromatic rings. The molecule has 0 fully saturated rings. The smallest absolute Gasteiger partial charge is 0.257 e. The molecule has 3 rings (SSSR count).